The number of aliphatic hydroxyl groups is 2. The number of hydrogen-bond donors (Lipinski definition) is 3. The number of carbonyl (C=O) groups is 3. The lowest BCUT2D eigenvalue weighted by Gasteiger charge is -2.15. The van der Waals surface area contributed by atoms with Gasteiger partial charge in [0.05, 0.1) is 13.0 Å². The SMILES string of the molecule is CCOC(=O)CCC(=O)c1ccc(C(O)C(O)C(N)=O)cc1. The summed E-state index contributed by atoms with van der Waals surface area (Å²) in [6.07, 6.45) is -3.16. The van der Waals surface area contributed by atoms with Crippen LogP contribution in [-0.4, -0.2) is 40.6 Å². The van der Waals surface area contributed by atoms with Gasteiger partial charge in [-0.2, -0.15) is 0 Å². The molecule has 0 aromatic heterocycles. The van der Waals surface area contributed by atoms with Crippen molar-refractivity contribution in [2.45, 2.75) is 32.0 Å². The van der Waals surface area contributed by atoms with Crippen LogP contribution in [0.3, 0.4) is 0 Å². The molecular weight excluding hydrogens is 290 g/mol. The Bertz CT molecular complexity index is 539. The summed E-state index contributed by atoms with van der Waals surface area (Å²) in [5, 5.41) is 19.1. The van der Waals surface area contributed by atoms with E-state index < -0.39 is 24.1 Å². The molecule has 1 rings (SSSR count). The van der Waals surface area contributed by atoms with Crippen LogP contribution in [0, 0.1) is 0 Å². The third kappa shape index (κ3) is 4.94. The van der Waals surface area contributed by atoms with Crippen LogP contribution >= 0.6 is 0 Å². The molecule has 0 spiro atoms. The molecule has 4 N–H and O–H groups in total. The summed E-state index contributed by atoms with van der Waals surface area (Å²) in [6.45, 7) is 1.95. The van der Waals surface area contributed by atoms with Crippen molar-refractivity contribution in [1.29, 1.82) is 0 Å². The number of Topliss-reactive ketones (excluding diaryl/α,β-unsaturated/α-hetero) is 1. The highest BCUT2D eigenvalue weighted by Gasteiger charge is 2.23. The van der Waals surface area contributed by atoms with E-state index in [0.29, 0.717) is 5.56 Å². The second kappa shape index (κ2) is 8.26. The number of amides is 1. The molecule has 7 nitrogen and oxygen atoms in total. The topological polar surface area (TPSA) is 127 Å². The van der Waals surface area contributed by atoms with Gasteiger partial charge in [0.2, 0.25) is 5.91 Å². The number of esters is 1. The first-order valence-corrected chi connectivity index (χ1v) is 6.81. The average Bonchev–Trinajstić information content (AvgIpc) is 2.51. The van der Waals surface area contributed by atoms with Gasteiger partial charge in [0.25, 0.3) is 0 Å². The molecule has 0 fully saturated rings. The van der Waals surface area contributed by atoms with Crippen molar-refractivity contribution in [2.24, 2.45) is 5.73 Å². The zero-order valence-corrected chi connectivity index (χ0v) is 12.2. The van der Waals surface area contributed by atoms with Crippen LogP contribution in [0.15, 0.2) is 24.3 Å². The van der Waals surface area contributed by atoms with E-state index in [1.807, 2.05) is 0 Å². The number of aliphatic hydroxyl groups excluding tert-OH is 2. The van der Waals surface area contributed by atoms with E-state index in [4.69, 9.17) is 10.5 Å². The predicted molar refractivity (Wildman–Crippen MR) is 76.8 cm³/mol. The van der Waals surface area contributed by atoms with E-state index in [-0.39, 0.29) is 30.8 Å². The molecule has 1 aromatic carbocycles. The van der Waals surface area contributed by atoms with E-state index in [2.05, 4.69) is 0 Å². The summed E-state index contributed by atoms with van der Waals surface area (Å²) in [5.41, 5.74) is 5.51. The molecular formula is C15H19NO6. The molecule has 120 valence electrons. The molecule has 1 aromatic rings. The maximum absolute atomic E-state index is 11.9. The number of benzene rings is 1. The quantitative estimate of drug-likeness (QED) is 0.461. The van der Waals surface area contributed by atoms with Crippen molar-refractivity contribution in [3.63, 3.8) is 0 Å². The highest BCUT2D eigenvalue weighted by molar-refractivity contribution is 5.97. The summed E-state index contributed by atoms with van der Waals surface area (Å²) in [4.78, 5) is 33.9. The lowest BCUT2D eigenvalue weighted by Crippen LogP contribution is -2.33. The van der Waals surface area contributed by atoms with Crippen molar-refractivity contribution in [3.8, 4) is 0 Å². The van der Waals surface area contributed by atoms with E-state index >= 15 is 0 Å². The molecule has 0 bridgehead atoms. The molecule has 2 atom stereocenters. The Kier molecular flexibility index (Phi) is 6.68. The van der Waals surface area contributed by atoms with Gasteiger partial charge in [0.15, 0.2) is 11.9 Å². The first-order chi connectivity index (χ1) is 10.4. The summed E-state index contributed by atoms with van der Waals surface area (Å²) in [7, 11) is 0. The second-order valence-corrected chi connectivity index (χ2v) is 4.64. The Balaban J connectivity index is 2.66. The molecule has 22 heavy (non-hydrogen) atoms. The molecule has 0 saturated carbocycles. The van der Waals surface area contributed by atoms with Crippen molar-refractivity contribution >= 4 is 17.7 Å². The van der Waals surface area contributed by atoms with Crippen LogP contribution in [-0.2, 0) is 14.3 Å². The molecule has 0 radical (unpaired) electrons. The van der Waals surface area contributed by atoms with Gasteiger partial charge in [-0.05, 0) is 12.5 Å². The first kappa shape index (κ1) is 17.8. The minimum Gasteiger partial charge on any atom is -0.466 e. The minimum atomic E-state index is -1.72. The Morgan fingerprint density at radius 3 is 2.23 bits per heavy atom. The Hall–Kier alpha value is -2.25. The Morgan fingerprint density at radius 2 is 1.73 bits per heavy atom. The molecule has 2 unspecified atom stereocenters. The van der Waals surface area contributed by atoms with Crippen LogP contribution in [0.1, 0.15) is 41.8 Å². The predicted octanol–water partition coefficient (Wildman–Crippen LogP) is 0.0922. The van der Waals surface area contributed by atoms with Crippen molar-refractivity contribution < 1.29 is 29.3 Å². The van der Waals surface area contributed by atoms with Gasteiger partial charge in [-0.1, -0.05) is 24.3 Å². The summed E-state index contributed by atoms with van der Waals surface area (Å²) in [6, 6.07) is 5.71. The maximum atomic E-state index is 11.9. The number of ether oxygens (including phenoxy) is 1. The van der Waals surface area contributed by atoms with E-state index in [9.17, 15) is 24.6 Å². The van der Waals surface area contributed by atoms with Gasteiger partial charge < -0.3 is 20.7 Å². The summed E-state index contributed by atoms with van der Waals surface area (Å²) >= 11 is 0. The summed E-state index contributed by atoms with van der Waals surface area (Å²) < 4.78 is 4.73. The normalized spacial score (nSPS) is 13.2. The zero-order chi connectivity index (χ0) is 16.7. The highest BCUT2D eigenvalue weighted by Crippen LogP contribution is 2.18. The first-order valence-electron chi connectivity index (χ1n) is 6.81. The van der Waals surface area contributed by atoms with Crippen molar-refractivity contribution in [3.05, 3.63) is 35.4 Å². The molecule has 0 aliphatic heterocycles. The van der Waals surface area contributed by atoms with Gasteiger partial charge in [0, 0.05) is 12.0 Å². The van der Waals surface area contributed by atoms with Crippen LogP contribution in [0.4, 0.5) is 0 Å². The fourth-order valence-corrected chi connectivity index (χ4v) is 1.80. The van der Waals surface area contributed by atoms with Gasteiger partial charge >= 0.3 is 5.97 Å². The Labute approximate surface area is 127 Å². The van der Waals surface area contributed by atoms with E-state index in [1.165, 1.54) is 24.3 Å². The molecule has 1 amide bonds. The number of carbonyl (C=O) groups excluding carboxylic acids is 3. The number of ketones is 1. The molecule has 0 saturated heterocycles. The largest absolute Gasteiger partial charge is 0.466 e. The van der Waals surface area contributed by atoms with Gasteiger partial charge in [-0.3, -0.25) is 14.4 Å². The van der Waals surface area contributed by atoms with Crippen LogP contribution in [0.25, 0.3) is 0 Å². The summed E-state index contributed by atoms with van der Waals surface area (Å²) in [5.74, 6) is -1.72. The standard InChI is InChI=1S/C15H19NO6/c1-2-22-12(18)8-7-11(17)9-3-5-10(6-4-9)13(19)14(20)15(16)21/h3-6,13-14,19-20H,2,7-8H2,1H3,(H2,16,21). The molecule has 0 aliphatic carbocycles. The van der Waals surface area contributed by atoms with Crippen LogP contribution < -0.4 is 5.73 Å². The van der Waals surface area contributed by atoms with E-state index in [0.717, 1.165) is 0 Å². The average molecular weight is 309 g/mol. The number of nitrogens with two attached hydrogens (primary N) is 1. The third-order valence-electron chi connectivity index (χ3n) is 3.03. The van der Waals surface area contributed by atoms with Crippen LogP contribution in [0.2, 0.25) is 0 Å². The second-order valence-electron chi connectivity index (χ2n) is 4.64. The van der Waals surface area contributed by atoms with Gasteiger partial charge in [-0.15, -0.1) is 0 Å². The number of rotatable bonds is 8. The lowest BCUT2D eigenvalue weighted by molar-refractivity contribution is -0.143. The minimum absolute atomic E-state index is 0.00254. The maximum Gasteiger partial charge on any atom is 0.306 e. The van der Waals surface area contributed by atoms with Gasteiger partial charge in [-0.25, -0.2) is 0 Å². The lowest BCUT2D eigenvalue weighted by atomic mass is 10.00. The van der Waals surface area contributed by atoms with Crippen molar-refractivity contribution in [1.82, 2.24) is 0 Å². The number of primary amides is 1. The fourth-order valence-electron chi connectivity index (χ4n) is 1.80. The van der Waals surface area contributed by atoms with E-state index in [1.54, 1.807) is 6.92 Å². The molecule has 0 aliphatic rings. The smallest absolute Gasteiger partial charge is 0.306 e. The Morgan fingerprint density at radius 1 is 1.14 bits per heavy atom. The highest BCUT2D eigenvalue weighted by atomic mass is 16.5. The molecule has 0 heterocycles. The molecule has 7 heteroatoms. The third-order valence-corrected chi connectivity index (χ3v) is 3.03. The van der Waals surface area contributed by atoms with Gasteiger partial charge in [0.1, 0.15) is 6.10 Å². The van der Waals surface area contributed by atoms with Crippen LogP contribution in [0.5, 0.6) is 0 Å². The monoisotopic (exact) mass is 309 g/mol. The fraction of sp³-hybridized carbons (Fsp3) is 0.400. The van der Waals surface area contributed by atoms with Crippen molar-refractivity contribution in [2.75, 3.05) is 6.61 Å². The number of hydrogen-bond acceptors (Lipinski definition) is 6. The zero-order valence-electron chi connectivity index (χ0n) is 12.2.